The maximum Gasteiger partial charge on any atom is 0.254 e. The molecule has 2 heterocycles. The second-order valence-corrected chi connectivity index (χ2v) is 9.81. The van der Waals surface area contributed by atoms with Crippen molar-refractivity contribution in [2.24, 2.45) is 0 Å². The van der Waals surface area contributed by atoms with Crippen LogP contribution in [-0.2, 0) is 6.54 Å². The molecule has 3 aromatic carbocycles. The van der Waals surface area contributed by atoms with Crippen LogP contribution in [-0.4, -0.2) is 49.9 Å². The van der Waals surface area contributed by atoms with E-state index in [4.69, 9.17) is 27.9 Å². The Morgan fingerprint density at radius 2 is 1.92 bits per heavy atom. The summed E-state index contributed by atoms with van der Waals surface area (Å²) in [6.45, 7) is 0.945. The highest BCUT2D eigenvalue weighted by Gasteiger charge is 2.29. The number of likely N-dealkylation sites (tertiary alicyclic amines) is 1. The van der Waals surface area contributed by atoms with Gasteiger partial charge in [-0.2, -0.15) is 5.10 Å². The largest absolute Gasteiger partial charge is 0.481 e. The molecule has 1 N–H and O–H groups in total. The molecular formula is C28H26Cl2N4O3. The lowest BCUT2D eigenvalue weighted by molar-refractivity contribution is 0.0677. The van der Waals surface area contributed by atoms with E-state index in [0.29, 0.717) is 34.4 Å². The number of nitrogens with zero attached hydrogens (tertiary/aromatic N) is 4. The third kappa shape index (κ3) is 5.64. The molecule has 5 rings (SSSR count). The normalized spacial score (nSPS) is 16.1. The Morgan fingerprint density at radius 1 is 1.11 bits per heavy atom. The third-order valence-electron chi connectivity index (χ3n) is 6.56. The molecule has 0 aliphatic carbocycles. The van der Waals surface area contributed by atoms with Crippen LogP contribution in [0.1, 0.15) is 46.0 Å². The topological polar surface area (TPSA) is 80.5 Å². The van der Waals surface area contributed by atoms with Crippen molar-refractivity contribution in [3.63, 3.8) is 0 Å². The summed E-state index contributed by atoms with van der Waals surface area (Å²) in [5.74, 6) is 0.482. The van der Waals surface area contributed by atoms with Gasteiger partial charge in [0.1, 0.15) is 18.4 Å². The van der Waals surface area contributed by atoms with Crippen molar-refractivity contribution in [2.45, 2.75) is 31.5 Å². The number of carbonyl (C=O) groups is 1. The Kier molecular flexibility index (Phi) is 7.74. The number of benzene rings is 3. The number of aliphatic hydroxyl groups excluding tert-OH is 1. The van der Waals surface area contributed by atoms with E-state index < -0.39 is 6.10 Å². The van der Waals surface area contributed by atoms with Crippen molar-refractivity contribution < 1.29 is 14.6 Å². The minimum absolute atomic E-state index is 0.0423. The molecule has 4 aromatic rings. The number of aromatic nitrogens is 3. The molecule has 2 unspecified atom stereocenters. The second kappa shape index (κ2) is 11.3. The van der Waals surface area contributed by atoms with Gasteiger partial charge in [-0.25, -0.2) is 9.67 Å². The van der Waals surface area contributed by atoms with Gasteiger partial charge >= 0.3 is 0 Å². The van der Waals surface area contributed by atoms with Gasteiger partial charge in [0.15, 0.2) is 6.10 Å². The predicted molar refractivity (Wildman–Crippen MR) is 142 cm³/mol. The first-order valence-electron chi connectivity index (χ1n) is 12.1. The van der Waals surface area contributed by atoms with Crippen LogP contribution in [0.5, 0.6) is 5.75 Å². The van der Waals surface area contributed by atoms with Crippen LogP contribution in [0.15, 0.2) is 79.4 Å². The van der Waals surface area contributed by atoms with Crippen LogP contribution in [0.2, 0.25) is 10.0 Å². The first-order valence-corrected chi connectivity index (χ1v) is 12.8. The van der Waals surface area contributed by atoms with Gasteiger partial charge in [-0.05, 0) is 54.8 Å². The van der Waals surface area contributed by atoms with E-state index in [9.17, 15) is 9.90 Å². The minimum Gasteiger partial charge on any atom is -0.481 e. The predicted octanol–water partition coefficient (Wildman–Crippen LogP) is 5.40. The summed E-state index contributed by atoms with van der Waals surface area (Å²) in [5.41, 5.74) is 2.99. The summed E-state index contributed by atoms with van der Waals surface area (Å²) in [6.07, 6.45) is 4.25. The lowest BCUT2D eigenvalue weighted by atomic mass is 10.0. The lowest BCUT2D eigenvalue weighted by Gasteiger charge is -2.25. The van der Waals surface area contributed by atoms with Gasteiger partial charge in [0.25, 0.3) is 5.91 Å². The Bertz CT molecular complexity index is 1360. The average molecular weight is 537 g/mol. The quantitative estimate of drug-likeness (QED) is 0.326. The molecule has 190 valence electrons. The first-order chi connectivity index (χ1) is 18.0. The zero-order valence-electron chi connectivity index (χ0n) is 20.0. The number of carbonyl (C=O) groups excluding carboxylic acids is 1. The Hall–Kier alpha value is -3.39. The van der Waals surface area contributed by atoms with E-state index >= 15 is 0 Å². The van der Waals surface area contributed by atoms with Gasteiger partial charge in [0.05, 0.1) is 19.2 Å². The first kappa shape index (κ1) is 25.3. The summed E-state index contributed by atoms with van der Waals surface area (Å²) in [6, 6.07) is 20.2. The SMILES string of the molecule is O=C(c1ccc(OC(c2ccc(Cl)cc2)c2ccccc2Cl)c(Cn2cncn2)c1)N1CCCC1CO. The van der Waals surface area contributed by atoms with Crippen LogP contribution < -0.4 is 4.74 Å². The maximum atomic E-state index is 13.3. The van der Waals surface area contributed by atoms with Gasteiger partial charge in [-0.3, -0.25) is 4.79 Å². The number of aliphatic hydroxyl groups is 1. The zero-order valence-corrected chi connectivity index (χ0v) is 21.5. The average Bonchev–Trinajstić information content (AvgIpc) is 3.61. The molecule has 2 atom stereocenters. The summed E-state index contributed by atoms with van der Waals surface area (Å²) >= 11 is 12.7. The van der Waals surface area contributed by atoms with Gasteiger partial charge in [0.2, 0.25) is 0 Å². The van der Waals surface area contributed by atoms with E-state index in [1.54, 1.807) is 22.0 Å². The van der Waals surface area contributed by atoms with E-state index in [2.05, 4.69) is 10.1 Å². The van der Waals surface area contributed by atoms with Crippen LogP contribution in [0.4, 0.5) is 0 Å². The number of hydrogen-bond acceptors (Lipinski definition) is 5. The summed E-state index contributed by atoms with van der Waals surface area (Å²) < 4.78 is 8.31. The van der Waals surface area contributed by atoms with Crippen LogP contribution in [0.25, 0.3) is 0 Å². The Morgan fingerprint density at radius 3 is 2.65 bits per heavy atom. The molecule has 0 spiro atoms. The second-order valence-electron chi connectivity index (χ2n) is 8.96. The highest BCUT2D eigenvalue weighted by molar-refractivity contribution is 6.31. The maximum absolute atomic E-state index is 13.3. The number of rotatable bonds is 8. The molecule has 1 aromatic heterocycles. The fraction of sp³-hybridized carbons (Fsp3) is 0.250. The molecule has 1 fully saturated rings. The van der Waals surface area contributed by atoms with Crippen molar-refractivity contribution in [1.29, 1.82) is 0 Å². The highest BCUT2D eigenvalue weighted by Crippen LogP contribution is 2.35. The van der Waals surface area contributed by atoms with Crippen LogP contribution in [0, 0.1) is 0 Å². The third-order valence-corrected chi connectivity index (χ3v) is 7.16. The van der Waals surface area contributed by atoms with Gasteiger partial charge < -0.3 is 14.7 Å². The van der Waals surface area contributed by atoms with Gasteiger partial charge in [0, 0.05) is 33.3 Å². The molecule has 0 radical (unpaired) electrons. The number of hydrogen-bond donors (Lipinski definition) is 1. The van der Waals surface area contributed by atoms with Crippen molar-refractivity contribution >= 4 is 29.1 Å². The zero-order chi connectivity index (χ0) is 25.8. The van der Waals surface area contributed by atoms with Crippen LogP contribution >= 0.6 is 23.2 Å². The molecule has 1 aliphatic heterocycles. The summed E-state index contributed by atoms with van der Waals surface area (Å²) in [4.78, 5) is 19.1. The number of amides is 1. The molecule has 1 saturated heterocycles. The van der Waals surface area contributed by atoms with Crippen molar-refractivity contribution in [1.82, 2.24) is 19.7 Å². The van der Waals surface area contributed by atoms with Crippen LogP contribution in [0.3, 0.4) is 0 Å². The molecule has 37 heavy (non-hydrogen) atoms. The molecule has 9 heteroatoms. The standard InChI is InChI=1S/C28H26Cl2N4O3/c29-22-10-7-19(8-11-22)27(24-5-1-2-6-25(24)30)37-26-12-9-20(14-21(26)15-33-18-31-17-32-33)28(36)34-13-3-4-23(34)16-35/h1-2,5-12,14,17-18,23,27,35H,3-4,13,15-16H2. The van der Waals surface area contributed by atoms with E-state index in [1.165, 1.54) is 6.33 Å². The minimum atomic E-state index is -0.514. The lowest BCUT2D eigenvalue weighted by Crippen LogP contribution is -2.37. The Balaban J connectivity index is 1.53. The summed E-state index contributed by atoms with van der Waals surface area (Å²) in [7, 11) is 0. The van der Waals surface area contributed by atoms with E-state index in [-0.39, 0.29) is 18.6 Å². The fourth-order valence-corrected chi connectivity index (χ4v) is 5.02. The van der Waals surface area contributed by atoms with Crippen molar-refractivity contribution in [3.05, 3.63) is 112 Å². The van der Waals surface area contributed by atoms with Crippen molar-refractivity contribution in [3.8, 4) is 5.75 Å². The molecule has 1 amide bonds. The molecule has 0 saturated carbocycles. The van der Waals surface area contributed by atoms with Gasteiger partial charge in [-0.1, -0.05) is 53.5 Å². The van der Waals surface area contributed by atoms with E-state index in [0.717, 1.165) is 29.5 Å². The highest BCUT2D eigenvalue weighted by atomic mass is 35.5. The molecular weight excluding hydrogens is 511 g/mol. The van der Waals surface area contributed by atoms with Gasteiger partial charge in [-0.15, -0.1) is 0 Å². The summed E-state index contributed by atoms with van der Waals surface area (Å²) in [5, 5.41) is 15.1. The molecule has 7 nitrogen and oxygen atoms in total. The number of ether oxygens (including phenoxy) is 1. The fourth-order valence-electron chi connectivity index (χ4n) is 4.66. The van der Waals surface area contributed by atoms with E-state index in [1.807, 2.05) is 60.7 Å². The molecule has 0 bridgehead atoms. The van der Waals surface area contributed by atoms with Crippen molar-refractivity contribution in [2.75, 3.05) is 13.2 Å². The Labute approximate surface area is 225 Å². The smallest absolute Gasteiger partial charge is 0.254 e. The number of halogens is 2. The molecule has 1 aliphatic rings. The monoisotopic (exact) mass is 536 g/mol.